The molecule has 0 amide bonds. The molecule has 1 saturated carbocycles. The minimum atomic E-state index is -0.339. The lowest BCUT2D eigenvalue weighted by molar-refractivity contribution is 0.266. The van der Waals surface area contributed by atoms with E-state index in [1.807, 2.05) is 0 Å². The Balaban J connectivity index is 1.55. The van der Waals surface area contributed by atoms with Crippen molar-refractivity contribution in [1.29, 1.82) is 0 Å². The molecule has 1 saturated heterocycles. The first-order valence-corrected chi connectivity index (χ1v) is 7.54. The third kappa shape index (κ3) is 2.77. The molecule has 2 heterocycles. The van der Waals surface area contributed by atoms with Gasteiger partial charge in [0.1, 0.15) is 0 Å². The van der Waals surface area contributed by atoms with Gasteiger partial charge in [0.05, 0.1) is 11.9 Å². The molecule has 0 spiro atoms. The Morgan fingerprint density at radius 3 is 2.80 bits per heavy atom. The lowest BCUT2D eigenvalue weighted by Gasteiger charge is -2.32. The molecule has 20 heavy (non-hydrogen) atoms. The van der Waals surface area contributed by atoms with E-state index in [-0.39, 0.29) is 5.82 Å². The fraction of sp³-hybridized carbons (Fsp3) is 0.733. The van der Waals surface area contributed by atoms with E-state index in [9.17, 15) is 4.39 Å². The maximum absolute atomic E-state index is 13.2. The fourth-order valence-corrected chi connectivity index (χ4v) is 3.47. The van der Waals surface area contributed by atoms with Gasteiger partial charge in [-0.1, -0.05) is 0 Å². The van der Waals surface area contributed by atoms with Crippen molar-refractivity contribution < 1.29 is 9.50 Å². The molecule has 110 valence electrons. The van der Waals surface area contributed by atoms with Gasteiger partial charge in [0.15, 0.2) is 5.82 Å². The first kappa shape index (κ1) is 13.7. The molecule has 1 aromatic rings. The standard InChI is InChI=1S/C15H22FN3O/c1-10-14(16)9-17-15(18-10)19-5-2-11(3-6-19)13-8-12(13)4-7-20/h9,11-13,20H,2-8H2,1H3. The first-order valence-electron chi connectivity index (χ1n) is 7.54. The number of nitrogens with zero attached hydrogens (tertiary/aromatic N) is 3. The number of aromatic nitrogens is 2. The summed E-state index contributed by atoms with van der Waals surface area (Å²) in [5.41, 5.74) is 0.419. The van der Waals surface area contributed by atoms with Crippen LogP contribution in [-0.4, -0.2) is 34.8 Å². The smallest absolute Gasteiger partial charge is 0.225 e. The van der Waals surface area contributed by atoms with Crippen molar-refractivity contribution in [3.05, 3.63) is 17.7 Å². The van der Waals surface area contributed by atoms with Crippen molar-refractivity contribution in [2.24, 2.45) is 17.8 Å². The minimum Gasteiger partial charge on any atom is -0.396 e. The quantitative estimate of drug-likeness (QED) is 0.917. The summed E-state index contributed by atoms with van der Waals surface area (Å²) in [4.78, 5) is 10.5. The lowest BCUT2D eigenvalue weighted by atomic mass is 9.90. The van der Waals surface area contributed by atoms with Gasteiger partial charge in [-0.25, -0.2) is 14.4 Å². The molecular weight excluding hydrogens is 257 g/mol. The third-order valence-electron chi connectivity index (χ3n) is 4.81. The Labute approximate surface area is 119 Å². The molecule has 4 nitrogen and oxygen atoms in total. The van der Waals surface area contributed by atoms with E-state index in [1.165, 1.54) is 12.6 Å². The molecular formula is C15H22FN3O. The summed E-state index contributed by atoms with van der Waals surface area (Å²) in [6.07, 6.45) is 5.84. The highest BCUT2D eigenvalue weighted by molar-refractivity contribution is 5.31. The van der Waals surface area contributed by atoms with Gasteiger partial charge in [0, 0.05) is 19.7 Å². The molecule has 0 aromatic carbocycles. The van der Waals surface area contributed by atoms with Crippen molar-refractivity contribution in [1.82, 2.24) is 9.97 Å². The van der Waals surface area contributed by atoms with Crippen molar-refractivity contribution >= 4 is 5.95 Å². The summed E-state index contributed by atoms with van der Waals surface area (Å²) < 4.78 is 13.2. The molecule has 1 aliphatic heterocycles. The number of hydrogen-bond acceptors (Lipinski definition) is 4. The largest absolute Gasteiger partial charge is 0.396 e. The summed E-state index contributed by atoms with van der Waals surface area (Å²) in [5, 5.41) is 8.98. The molecule has 0 bridgehead atoms. The van der Waals surface area contributed by atoms with Gasteiger partial charge in [-0.05, 0) is 50.4 Å². The zero-order valence-corrected chi connectivity index (χ0v) is 11.9. The molecule has 1 N–H and O–H groups in total. The second kappa shape index (κ2) is 5.64. The highest BCUT2D eigenvalue weighted by Crippen LogP contribution is 2.49. The van der Waals surface area contributed by atoms with Crippen LogP contribution in [0, 0.1) is 30.5 Å². The van der Waals surface area contributed by atoms with Crippen LogP contribution in [0.3, 0.4) is 0 Å². The number of anilines is 1. The van der Waals surface area contributed by atoms with E-state index < -0.39 is 0 Å². The van der Waals surface area contributed by atoms with Gasteiger partial charge in [0.25, 0.3) is 0 Å². The summed E-state index contributed by atoms with van der Waals surface area (Å²) in [6, 6.07) is 0. The van der Waals surface area contributed by atoms with Crippen LogP contribution < -0.4 is 4.90 Å². The first-order chi connectivity index (χ1) is 9.69. The van der Waals surface area contributed by atoms with Crippen LogP contribution in [0.15, 0.2) is 6.20 Å². The van der Waals surface area contributed by atoms with Crippen molar-refractivity contribution in [2.75, 3.05) is 24.6 Å². The number of aliphatic hydroxyl groups is 1. The Kier molecular flexibility index (Phi) is 3.87. The van der Waals surface area contributed by atoms with Crippen LogP contribution in [0.5, 0.6) is 0 Å². The molecule has 2 aliphatic rings. The van der Waals surface area contributed by atoms with Gasteiger partial charge in [0.2, 0.25) is 5.95 Å². The second-order valence-corrected chi connectivity index (χ2v) is 6.10. The number of halogens is 1. The lowest BCUT2D eigenvalue weighted by Crippen LogP contribution is -2.35. The second-order valence-electron chi connectivity index (χ2n) is 6.10. The Morgan fingerprint density at radius 1 is 1.40 bits per heavy atom. The number of aryl methyl sites for hydroxylation is 1. The van der Waals surface area contributed by atoms with Crippen LogP contribution in [0.25, 0.3) is 0 Å². The van der Waals surface area contributed by atoms with E-state index in [4.69, 9.17) is 5.11 Å². The minimum absolute atomic E-state index is 0.322. The van der Waals surface area contributed by atoms with E-state index in [1.54, 1.807) is 6.92 Å². The average Bonchev–Trinajstić information content (AvgIpc) is 3.22. The number of rotatable bonds is 4. The molecule has 0 radical (unpaired) electrons. The van der Waals surface area contributed by atoms with E-state index in [0.717, 1.165) is 50.1 Å². The molecule has 2 fully saturated rings. The van der Waals surface area contributed by atoms with Gasteiger partial charge >= 0.3 is 0 Å². The highest BCUT2D eigenvalue weighted by Gasteiger charge is 2.42. The molecule has 3 rings (SSSR count). The maximum atomic E-state index is 13.2. The van der Waals surface area contributed by atoms with Gasteiger partial charge < -0.3 is 10.0 Å². The molecule has 1 aromatic heterocycles. The van der Waals surface area contributed by atoms with E-state index in [2.05, 4.69) is 14.9 Å². The summed E-state index contributed by atoms with van der Waals surface area (Å²) in [7, 11) is 0. The third-order valence-corrected chi connectivity index (χ3v) is 4.81. The maximum Gasteiger partial charge on any atom is 0.225 e. The molecule has 1 aliphatic carbocycles. The van der Waals surface area contributed by atoms with Crippen LogP contribution in [-0.2, 0) is 0 Å². The summed E-state index contributed by atoms with van der Waals surface area (Å²) in [5.74, 6) is 2.67. The van der Waals surface area contributed by atoms with Crippen LogP contribution in [0.4, 0.5) is 10.3 Å². The van der Waals surface area contributed by atoms with Gasteiger partial charge in [-0.3, -0.25) is 0 Å². The molecule has 2 unspecified atom stereocenters. The van der Waals surface area contributed by atoms with Crippen molar-refractivity contribution in [3.63, 3.8) is 0 Å². The predicted octanol–water partition coefficient (Wildman–Crippen LogP) is 2.16. The SMILES string of the molecule is Cc1nc(N2CCC(C3CC3CCO)CC2)ncc1F. The van der Waals surface area contributed by atoms with Crippen molar-refractivity contribution in [3.8, 4) is 0 Å². The Hall–Kier alpha value is -1.23. The fourth-order valence-electron chi connectivity index (χ4n) is 3.47. The van der Waals surface area contributed by atoms with Gasteiger partial charge in [-0.15, -0.1) is 0 Å². The summed E-state index contributed by atoms with van der Waals surface area (Å²) in [6.45, 7) is 3.91. The average molecular weight is 279 g/mol. The highest BCUT2D eigenvalue weighted by atomic mass is 19.1. The summed E-state index contributed by atoms with van der Waals surface area (Å²) >= 11 is 0. The zero-order valence-electron chi connectivity index (χ0n) is 11.9. The van der Waals surface area contributed by atoms with Crippen LogP contribution >= 0.6 is 0 Å². The number of piperidine rings is 1. The molecule has 5 heteroatoms. The van der Waals surface area contributed by atoms with Crippen LogP contribution in [0.2, 0.25) is 0 Å². The van der Waals surface area contributed by atoms with Crippen molar-refractivity contribution in [2.45, 2.75) is 32.6 Å². The monoisotopic (exact) mass is 279 g/mol. The van der Waals surface area contributed by atoms with Crippen LogP contribution in [0.1, 0.15) is 31.4 Å². The van der Waals surface area contributed by atoms with Gasteiger partial charge in [-0.2, -0.15) is 0 Å². The van der Waals surface area contributed by atoms with E-state index in [0.29, 0.717) is 18.2 Å². The topological polar surface area (TPSA) is 49.2 Å². The Bertz CT molecular complexity index is 474. The van der Waals surface area contributed by atoms with E-state index >= 15 is 0 Å². The number of aliphatic hydroxyl groups excluding tert-OH is 1. The normalized spacial score (nSPS) is 26.9. The Morgan fingerprint density at radius 2 is 2.15 bits per heavy atom. The zero-order chi connectivity index (χ0) is 14.1. The predicted molar refractivity (Wildman–Crippen MR) is 75.0 cm³/mol. The molecule has 2 atom stereocenters. The number of hydrogen-bond donors (Lipinski definition) is 1.